The monoisotopic (exact) mass is 526 g/mol. The maximum atomic E-state index is 13.9. The lowest BCUT2D eigenvalue weighted by atomic mass is 9.88. The van der Waals surface area contributed by atoms with E-state index in [4.69, 9.17) is 4.74 Å². The SMILES string of the molecule is C=N/C=C(\C=C(/C)CN1CCc2c(cc(Cn3ccnc3C)cc2-c2cn(C)nc2C(F)(F)F)C1=O)OC. The summed E-state index contributed by atoms with van der Waals surface area (Å²) in [7, 11) is 2.97. The predicted octanol–water partition coefficient (Wildman–Crippen LogP) is 4.79. The summed E-state index contributed by atoms with van der Waals surface area (Å²) in [4.78, 5) is 23.3. The van der Waals surface area contributed by atoms with Crippen LogP contribution in [0.25, 0.3) is 11.1 Å². The number of halogens is 3. The number of aliphatic imine (C=N–C) groups is 1. The number of methoxy groups -OCH3 is 1. The zero-order chi connectivity index (χ0) is 27.6. The van der Waals surface area contributed by atoms with Crippen molar-refractivity contribution in [1.82, 2.24) is 24.2 Å². The van der Waals surface area contributed by atoms with Gasteiger partial charge in [-0.3, -0.25) is 14.5 Å². The molecule has 8 nitrogen and oxygen atoms in total. The fourth-order valence-corrected chi connectivity index (χ4v) is 4.68. The van der Waals surface area contributed by atoms with Crippen LogP contribution in [0, 0.1) is 6.92 Å². The van der Waals surface area contributed by atoms with E-state index < -0.39 is 11.9 Å². The van der Waals surface area contributed by atoms with Gasteiger partial charge in [-0.05, 0) is 61.9 Å². The molecule has 11 heteroatoms. The fourth-order valence-electron chi connectivity index (χ4n) is 4.68. The molecule has 3 aromatic rings. The molecular weight excluding hydrogens is 497 g/mol. The van der Waals surface area contributed by atoms with Crippen molar-refractivity contribution in [2.75, 3.05) is 20.2 Å². The lowest BCUT2D eigenvalue weighted by Crippen LogP contribution is -2.39. The topological polar surface area (TPSA) is 77.5 Å². The molecule has 0 saturated heterocycles. The third kappa shape index (κ3) is 5.56. The van der Waals surface area contributed by atoms with E-state index in [0.29, 0.717) is 54.1 Å². The molecule has 0 spiro atoms. The van der Waals surface area contributed by atoms with Crippen molar-refractivity contribution in [3.63, 3.8) is 0 Å². The molecule has 1 aromatic carbocycles. The summed E-state index contributed by atoms with van der Waals surface area (Å²) in [5.41, 5.74) is 1.90. The molecule has 38 heavy (non-hydrogen) atoms. The predicted molar refractivity (Wildman–Crippen MR) is 138 cm³/mol. The highest BCUT2D eigenvalue weighted by Crippen LogP contribution is 2.40. The van der Waals surface area contributed by atoms with Gasteiger partial charge in [-0.1, -0.05) is 5.57 Å². The molecular formula is C27H29F3N6O2. The van der Waals surface area contributed by atoms with E-state index in [9.17, 15) is 18.0 Å². The van der Waals surface area contributed by atoms with Gasteiger partial charge in [0.15, 0.2) is 5.69 Å². The van der Waals surface area contributed by atoms with Gasteiger partial charge in [0.2, 0.25) is 0 Å². The van der Waals surface area contributed by atoms with Gasteiger partial charge in [0.05, 0.1) is 13.3 Å². The maximum absolute atomic E-state index is 13.9. The molecule has 0 aliphatic carbocycles. The molecule has 3 heterocycles. The van der Waals surface area contributed by atoms with Gasteiger partial charge >= 0.3 is 6.18 Å². The van der Waals surface area contributed by atoms with Crippen LogP contribution in [0.4, 0.5) is 13.2 Å². The van der Waals surface area contributed by atoms with Crippen LogP contribution < -0.4 is 0 Å². The molecule has 0 bridgehead atoms. The summed E-state index contributed by atoms with van der Waals surface area (Å²) in [5.74, 6) is 1.01. The van der Waals surface area contributed by atoms with E-state index in [1.807, 2.05) is 18.4 Å². The number of hydrogen-bond donors (Lipinski definition) is 0. The number of hydrogen-bond acceptors (Lipinski definition) is 5. The number of carbonyl (C=O) groups is 1. The van der Waals surface area contributed by atoms with Crippen LogP contribution in [0.1, 0.15) is 39.9 Å². The van der Waals surface area contributed by atoms with E-state index >= 15 is 0 Å². The molecule has 1 aliphatic heterocycles. The normalized spacial score (nSPS) is 14.6. The van der Waals surface area contributed by atoms with Crippen molar-refractivity contribution < 1.29 is 22.7 Å². The highest BCUT2D eigenvalue weighted by atomic mass is 19.4. The maximum Gasteiger partial charge on any atom is 0.435 e. The summed E-state index contributed by atoms with van der Waals surface area (Å²) < 4.78 is 50.0. The first-order valence-electron chi connectivity index (χ1n) is 11.9. The largest absolute Gasteiger partial charge is 0.495 e. The highest BCUT2D eigenvalue weighted by molar-refractivity contribution is 5.99. The standard InChI is InChI=1S/C27H29F3N6O2/c1-17(10-20(38-5)13-31-3)14-36-8-6-21-22(24-16-34(4)33-25(24)27(28,29)30)11-19(12-23(21)26(36)37)15-35-9-7-32-18(35)2/h7,9-13,16H,3,6,8,14-15H2,1-2,4-5H3/b17-10+,20-13+. The average molecular weight is 527 g/mol. The van der Waals surface area contributed by atoms with Crippen LogP contribution in [0.5, 0.6) is 0 Å². The third-order valence-corrected chi connectivity index (χ3v) is 6.41. The van der Waals surface area contributed by atoms with Crippen molar-refractivity contribution in [3.05, 3.63) is 82.5 Å². The summed E-state index contributed by atoms with van der Waals surface area (Å²) >= 11 is 0. The Kier molecular flexibility index (Phi) is 7.56. The van der Waals surface area contributed by atoms with Crippen molar-refractivity contribution >= 4 is 12.6 Å². The number of rotatable bonds is 8. The van der Waals surface area contributed by atoms with Crippen LogP contribution in [-0.4, -0.2) is 57.1 Å². The first kappa shape index (κ1) is 26.9. The molecule has 0 saturated carbocycles. The van der Waals surface area contributed by atoms with Crippen LogP contribution >= 0.6 is 0 Å². The van der Waals surface area contributed by atoms with Gasteiger partial charge in [-0.15, -0.1) is 0 Å². The Morgan fingerprint density at radius 3 is 2.63 bits per heavy atom. The lowest BCUT2D eigenvalue weighted by Gasteiger charge is -2.31. The van der Waals surface area contributed by atoms with E-state index in [-0.39, 0.29) is 11.5 Å². The molecule has 4 rings (SSSR count). The highest BCUT2D eigenvalue weighted by Gasteiger charge is 2.39. The number of aryl methyl sites for hydroxylation is 2. The number of aromatic nitrogens is 4. The third-order valence-electron chi connectivity index (χ3n) is 6.41. The Hall–Kier alpha value is -4.15. The Morgan fingerprint density at radius 2 is 2.00 bits per heavy atom. The first-order valence-corrected chi connectivity index (χ1v) is 11.9. The number of imidazole rings is 1. The molecule has 0 N–H and O–H groups in total. The van der Waals surface area contributed by atoms with Crippen LogP contribution in [-0.2, 0) is 30.9 Å². The second-order valence-corrected chi connectivity index (χ2v) is 9.22. The van der Waals surface area contributed by atoms with Gasteiger partial charge in [0.25, 0.3) is 5.91 Å². The minimum Gasteiger partial charge on any atom is -0.495 e. The molecule has 0 unspecified atom stereocenters. The molecule has 1 amide bonds. The summed E-state index contributed by atoms with van der Waals surface area (Å²) in [6, 6.07) is 3.51. The molecule has 2 aromatic heterocycles. The summed E-state index contributed by atoms with van der Waals surface area (Å²) in [6.45, 7) is 8.18. The van der Waals surface area contributed by atoms with Gasteiger partial charge in [0.1, 0.15) is 11.6 Å². The smallest absolute Gasteiger partial charge is 0.435 e. The Balaban J connectivity index is 1.79. The number of benzene rings is 1. The number of amides is 1. The van der Waals surface area contributed by atoms with E-state index in [2.05, 4.69) is 21.8 Å². The number of carbonyl (C=O) groups excluding carboxylic acids is 1. The zero-order valence-electron chi connectivity index (χ0n) is 21.7. The van der Waals surface area contributed by atoms with E-state index in [0.717, 1.165) is 16.1 Å². The second kappa shape index (κ2) is 10.7. The Bertz CT molecular complexity index is 1430. The Labute approximate surface area is 218 Å². The second-order valence-electron chi connectivity index (χ2n) is 9.22. The number of fused-ring (bicyclic) bond motifs is 1. The van der Waals surface area contributed by atoms with E-state index in [1.165, 1.54) is 26.6 Å². The number of allylic oxidation sites excluding steroid dienone is 1. The first-order chi connectivity index (χ1) is 18.0. The number of nitrogens with zero attached hydrogens (tertiary/aromatic N) is 6. The molecule has 1 aliphatic rings. The minimum absolute atomic E-state index is 0.0374. The molecule has 0 atom stereocenters. The average Bonchev–Trinajstić information content (AvgIpc) is 3.45. The molecule has 0 fully saturated rings. The molecule has 200 valence electrons. The van der Waals surface area contributed by atoms with E-state index in [1.54, 1.807) is 35.5 Å². The van der Waals surface area contributed by atoms with Gasteiger partial charge < -0.3 is 14.2 Å². The van der Waals surface area contributed by atoms with Gasteiger partial charge in [-0.2, -0.15) is 18.3 Å². The lowest BCUT2D eigenvalue weighted by molar-refractivity contribution is -0.140. The van der Waals surface area contributed by atoms with Gasteiger partial charge in [0, 0.05) is 56.4 Å². The minimum atomic E-state index is -4.64. The van der Waals surface area contributed by atoms with Crippen LogP contribution in [0.2, 0.25) is 0 Å². The fraction of sp³-hybridized carbons (Fsp3) is 0.333. The summed E-state index contributed by atoms with van der Waals surface area (Å²) in [5, 5.41) is 3.70. The number of alkyl halides is 3. The summed E-state index contributed by atoms with van der Waals surface area (Å²) in [6.07, 6.45) is 3.82. The van der Waals surface area contributed by atoms with Crippen LogP contribution in [0.3, 0.4) is 0 Å². The van der Waals surface area contributed by atoms with Crippen LogP contribution in [0.15, 0.2) is 59.3 Å². The molecule has 0 radical (unpaired) electrons. The van der Waals surface area contributed by atoms with Crippen molar-refractivity contribution in [2.45, 2.75) is 33.0 Å². The van der Waals surface area contributed by atoms with Crippen molar-refractivity contribution in [1.29, 1.82) is 0 Å². The zero-order valence-corrected chi connectivity index (χ0v) is 21.7. The van der Waals surface area contributed by atoms with Crippen molar-refractivity contribution in [2.24, 2.45) is 12.0 Å². The Morgan fingerprint density at radius 1 is 1.26 bits per heavy atom. The van der Waals surface area contributed by atoms with Crippen molar-refractivity contribution in [3.8, 4) is 11.1 Å². The quantitative estimate of drug-likeness (QED) is 0.240. The van der Waals surface area contributed by atoms with Gasteiger partial charge in [-0.25, -0.2) is 4.98 Å². The number of ether oxygens (including phenoxy) is 1.